The second-order valence-corrected chi connectivity index (χ2v) is 14.6. The monoisotopic (exact) mass is 741 g/mol. The molecule has 0 spiro atoms. The van der Waals surface area contributed by atoms with Crippen LogP contribution in [0.3, 0.4) is 0 Å². The highest BCUT2D eigenvalue weighted by Crippen LogP contribution is 2.40. The molecular weight excluding hydrogens is 707 g/mol. The number of anilines is 1. The van der Waals surface area contributed by atoms with E-state index in [1.165, 1.54) is 25.7 Å². The molecule has 0 radical (unpaired) electrons. The summed E-state index contributed by atoms with van der Waals surface area (Å²) in [4.78, 5) is 15.1. The van der Waals surface area contributed by atoms with Gasteiger partial charge in [0.05, 0.1) is 5.69 Å². The van der Waals surface area contributed by atoms with Gasteiger partial charge in [0, 0.05) is 47.8 Å². The van der Waals surface area contributed by atoms with Crippen LogP contribution in [0.2, 0.25) is 0 Å². The van der Waals surface area contributed by atoms with E-state index in [0.29, 0.717) is 40.2 Å². The number of nitrogen functional groups attached to an aromatic ring is 1. The first kappa shape index (κ1) is 34.5. The van der Waals surface area contributed by atoms with Crippen LogP contribution in [0.1, 0.15) is 16.9 Å². The summed E-state index contributed by atoms with van der Waals surface area (Å²) in [5, 5.41) is 11.5. The summed E-state index contributed by atoms with van der Waals surface area (Å²) < 4.78 is 8.17. The number of aryl methyl sites for hydroxylation is 1. The lowest BCUT2D eigenvalue weighted by Gasteiger charge is -2.10. The highest BCUT2D eigenvalue weighted by atomic mass is 32.1. The zero-order valence-electron chi connectivity index (χ0n) is 30.5. The lowest BCUT2D eigenvalue weighted by atomic mass is 10.0. The molecule has 0 unspecified atom stereocenters. The zero-order chi connectivity index (χ0) is 38.0. The molecule has 3 heterocycles. The minimum Gasteiger partial charge on any atom is -0.452 e. The molecule has 7 heteroatoms. The van der Waals surface area contributed by atoms with Crippen molar-refractivity contribution in [3.63, 3.8) is 0 Å². The van der Waals surface area contributed by atoms with Crippen molar-refractivity contribution in [3.8, 4) is 45.3 Å². The number of benzene rings is 7. The van der Waals surface area contributed by atoms with Gasteiger partial charge in [-0.15, -0.1) is 11.3 Å². The number of furan rings is 1. The maximum Gasteiger partial charge on any atom is 0.176 e. The van der Waals surface area contributed by atoms with Crippen LogP contribution in [-0.2, 0) is 0 Å². The summed E-state index contributed by atoms with van der Waals surface area (Å²) in [5.41, 5.74) is 14.9. The Morgan fingerprint density at radius 2 is 1.14 bits per heavy atom. The van der Waals surface area contributed by atoms with Crippen molar-refractivity contribution < 1.29 is 4.42 Å². The van der Waals surface area contributed by atoms with Gasteiger partial charge in [0.2, 0.25) is 0 Å². The molecule has 0 saturated heterocycles. The van der Waals surface area contributed by atoms with Crippen LogP contribution in [0.15, 0.2) is 180 Å². The third-order valence-corrected chi connectivity index (χ3v) is 10.8. The Kier molecular flexibility index (Phi) is 9.19. The van der Waals surface area contributed by atoms with Crippen LogP contribution in [0.5, 0.6) is 0 Å². The Hall–Kier alpha value is -7.22. The number of hydrogen-bond donors (Lipinski definition) is 2. The SMILES string of the molecule is Cc1ccc2sc3cccc(-c4nc(-c5ccccc5)nc(-c5cccc(-c6ccccc6)c5)n4)c3c2c1.N=C(c1ccccc1)c1oc2ccccc2c1N. The lowest BCUT2D eigenvalue weighted by molar-refractivity contribution is 0.606. The predicted octanol–water partition coefficient (Wildman–Crippen LogP) is 12.6. The lowest BCUT2D eigenvalue weighted by Crippen LogP contribution is -2.02. The number of nitrogens with two attached hydrogens (primary N) is 1. The fourth-order valence-electron chi connectivity index (χ4n) is 6.92. The first-order valence-electron chi connectivity index (χ1n) is 18.3. The number of para-hydroxylation sites is 1. The summed E-state index contributed by atoms with van der Waals surface area (Å²) >= 11 is 1.81. The van der Waals surface area contributed by atoms with Crippen LogP contribution in [0, 0.1) is 12.3 Å². The molecule has 0 amide bonds. The molecule has 0 aliphatic heterocycles. The molecule has 0 fully saturated rings. The van der Waals surface area contributed by atoms with Crippen molar-refractivity contribution in [1.29, 1.82) is 5.41 Å². The molecule has 0 atom stereocenters. The van der Waals surface area contributed by atoms with E-state index in [1.54, 1.807) is 0 Å². The van der Waals surface area contributed by atoms with Gasteiger partial charge >= 0.3 is 0 Å². The third kappa shape index (κ3) is 6.72. The number of hydrogen-bond acceptors (Lipinski definition) is 7. The van der Waals surface area contributed by atoms with Gasteiger partial charge in [-0.2, -0.15) is 0 Å². The van der Waals surface area contributed by atoms with Crippen LogP contribution < -0.4 is 5.73 Å². The topological polar surface area (TPSA) is 102 Å². The molecule has 6 nitrogen and oxygen atoms in total. The minimum atomic E-state index is 0.310. The van der Waals surface area contributed by atoms with Crippen molar-refractivity contribution in [1.82, 2.24) is 15.0 Å². The van der Waals surface area contributed by atoms with Crippen molar-refractivity contribution in [2.24, 2.45) is 0 Å². The molecule has 10 aromatic rings. The van der Waals surface area contributed by atoms with Gasteiger partial charge in [-0.25, -0.2) is 15.0 Å². The number of rotatable bonds is 6. The molecule has 7 aromatic carbocycles. The average molecular weight is 742 g/mol. The van der Waals surface area contributed by atoms with Crippen molar-refractivity contribution >= 4 is 53.9 Å². The molecule has 3 aromatic heterocycles. The second kappa shape index (κ2) is 14.9. The zero-order valence-corrected chi connectivity index (χ0v) is 31.3. The molecule has 268 valence electrons. The Labute approximate surface area is 328 Å². The van der Waals surface area contributed by atoms with Gasteiger partial charge in [0.25, 0.3) is 0 Å². The number of nitrogens with one attached hydrogen (secondary N) is 1. The Balaban J connectivity index is 0.000000190. The second-order valence-electron chi connectivity index (χ2n) is 13.5. The van der Waals surface area contributed by atoms with E-state index in [2.05, 4.69) is 91.9 Å². The van der Waals surface area contributed by atoms with Gasteiger partial charge in [-0.3, -0.25) is 5.41 Å². The molecule has 0 aliphatic rings. The van der Waals surface area contributed by atoms with E-state index in [-0.39, 0.29) is 0 Å². The number of thiophene rings is 1. The van der Waals surface area contributed by atoms with Crippen molar-refractivity contribution in [2.45, 2.75) is 6.92 Å². The Morgan fingerprint density at radius 3 is 1.89 bits per heavy atom. The summed E-state index contributed by atoms with van der Waals surface area (Å²) in [6, 6.07) is 59.0. The van der Waals surface area contributed by atoms with E-state index in [0.717, 1.165) is 38.8 Å². The van der Waals surface area contributed by atoms with Gasteiger partial charge < -0.3 is 10.2 Å². The largest absolute Gasteiger partial charge is 0.452 e. The van der Waals surface area contributed by atoms with Crippen molar-refractivity contribution in [2.75, 3.05) is 5.73 Å². The fraction of sp³-hybridized carbons (Fsp3) is 0.0204. The first-order chi connectivity index (χ1) is 27.5. The Bertz CT molecular complexity index is 3010. The van der Waals surface area contributed by atoms with E-state index in [4.69, 9.17) is 30.5 Å². The molecule has 10 rings (SSSR count). The average Bonchev–Trinajstić information content (AvgIpc) is 3.81. The van der Waals surface area contributed by atoms with Gasteiger partial charge in [0.1, 0.15) is 11.3 Å². The summed E-state index contributed by atoms with van der Waals surface area (Å²) in [7, 11) is 0. The molecule has 56 heavy (non-hydrogen) atoms. The van der Waals surface area contributed by atoms with Gasteiger partial charge in [-0.05, 0) is 54.4 Å². The molecule has 3 N–H and O–H groups in total. The van der Waals surface area contributed by atoms with Gasteiger partial charge in [0.15, 0.2) is 23.2 Å². The highest BCUT2D eigenvalue weighted by Gasteiger charge is 2.18. The maximum absolute atomic E-state index is 8.17. The number of fused-ring (bicyclic) bond motifs is 4. The normalized spacial score (nSPS) is 11.1. The van der Waals surface area contributed by atoms with Gasteiger partial charge in [-0.1, -0.05) is 145 Å². The predicted molar refractivity (Wildman–Crippen MR) is 232 cm³/mol. The van der Waals surface area contributed by atoms with Crippen LogP contribution in [-0.4, -0.2) is 20.7 Å². The van der Waals surface area contributed by atoms with Crippen molar-refractivity contribution in [3.05, 3.63) is 193 Å². The number of aromatic nitrogens is 3. The highest BCUT2D eigenvalue weighted by molar-refractivity contribution is 7.25. The van der Waals surface area contributed by atoms with E-state index in [1.807, 2.05) is 102 Å². The molecular formula is C49H35N5OS. The third-order valence-electron chi connectivity index (χ3n) is 9.71. The molecule has 0 aliphatic carbocycles. The quantitative estimate of drug-likeness (QED) is 0.165. The van der Waals surface area contributed by atoms with E-state index >= 15 is 0 Å². The molecule has 0 bridgehead atoms. The Morgan fingerprint density at radius 1 is 0.536 bits per heavy atom. The first-order valence-corrected chi connectivity index (χ1v) is 19.1. The fourth-order valence-corrected chi connectivity index (χ4v) is 8.04. The summed E-state index contributed by atoms with van der Waals surface area (Å²) in [6.45, 7) is 2.14. The summed E-state index contributed by atoms with van der Waals surface area (Å²) in [6.07, 6.45) is 0. The standard InChI is InChI=1S/C34H23N3S.C15H12N2O/c1-22-18-19-29-28(20-22)31-27(16-9-17-30(31)38-29)34-36-32(24-12-6-3-7-13-24)35-33(37-34)26-15-8-14-25(21-26)23-10-4-2-5-11-23;16-13(10-6-2-1-3-7-10)15-14(17)11-8-4-5-9-12(11)18-15/h2-21H,1H3;1-9,16H,17H2. The van der Waals surface area contributed by atoms with E-state index < -0.39 is 0 Å². The van der Waals surface area contributed by atoms with E-state index in [9.17, 15) is 0 Å². The van der Waals surface area contributed by atoms with Crippen LogP contribution >= 0.6 is 11.3 Å². The molecule has 0 saturated carbocycles. The number of nitrogens with zero attached hydrogens (tertiary/aromatic N) is 3. The summed E-state index contributed by atoms with van der Waals surface area (Å²) in [5.74, 6) is 2.45. The maximum atomic E-state index is 8.17. The minimum absolute atomic E-state index is 0.310. The van der Waals surface area contributed by atoms with Crippen LogP contribution in [0.25, 0.3) is 76.4 Å². The smallest absolute Gasteiger partial charge is 0.176 e. The van der Waals surface area contributed by atoms with Crippen LogP contribution in [0.4, 0.5) is 5.69 Å².